The molecular weight excluding hydrogens is 222 g/mol. The Balaban J connectivity index is 2.32. The predicted octanol–water partition coefficient (Wildman–Crippen LogP) is 2.09. The van der Waals surface area contributed by atoms with Crippen molar-refractivity contribution in [2.24, 2.45) is 0 Å². The fourth-order valence-corrected chi connectivity index (χ4v) is 2.06. The zero-order valence-electron chi connectivity index (χ0n) is 9.05. The quantitative estimate of drug-likeness (QED) is 0.481. The van der Waals surface area contributed by atoms with Crippen molar-refractivity contribution in [3.8, 4) is 0 Å². The van der Waals surface area contributed by atoms with Gasteiger partial charge in [-0.15, -0.1) is 0 Å². The number of carbonyl (C=O) groups is 1. The number of non-ortho nitro benzene ring substituents is 1. The molecule has 1 aromatic carbocycles. The van der Waals surface area contributed by atoms with Crippen LogP contribution in [0.1, 0.15) is 17.5 Å². The van der Waals surface area contributed by atoms with Crippen LogP contribution in [-0.2, 0) is 17.6 Å². The van der Waals surface area contributed by atoms with Gasteiger partial charge in [0.2, 0.25) is 0 Å². The van der Waals surface area contributed by atoms with E-state index in [0.29, 0.717) is 12.8 Å². The lowest BCUT2D eigenvalue weighted by Gasteiger charge is -2.17. The van der Waals surface area contributed by atoms with Crippen molar-refractivity contribution in [1.29, 1.82) is 0 Å². The van der Waals surface area contributed by atoms with Crippen molar-refractivity contribution in [3.05, 3.63) is 51.1 Å². The molecule has 17 heavy (non-hydrogen) atoms. The third-order valence-electron chi connectivity index (χ3n) is 2.86. The summed E-state index contributed by atoms with van der Waals surface area (Å²) in [6.07, 6.45) is 3.13. The Hall–Kier alpha value is -2.17. The molecule has 5 heteroatoms. The molecule has 0 aromatic heterocycles. The van der Waals surface area contributed by atoms with Gasteiger partial charge in [-0.05, 0) is 30.4 Å². The number of fused-ring (bicyclic) bond motifs is 1. The lowest BCUT2D eigenvalue weighted by atomic mass is 9.87. The summed E-state index contributed by atoms with van der Waals surface area (Å²) in [6.45, 7) is 0. The molecule has 2 rings (SSSR count). The van der Waals surface area contributed by atoms with Crippen LogP contribution in [-0.4, -0.2) is 16.0 Å². The van der Waals surface area contributed by atoms with Crippen LogP contribution in [0.5, 0.6) is 0 Å². The van der Waals surface area contributed by atoms with Gasteiger partial charge in [0.25, 0.3) is 5.69 Å². The Morgan fingerprint density at radius 2 is 2.12 bits per heavy atom. The van der Waals surface area contributed by atoms with Gasteiger partial charge >= 0.3 is 5.97 Å². The second kappa shape index (κ2) is 4.37. The third kappa shape index (κ3) is 2.50. The lowest BCUT2D eigenvalue weighted by Crippen LogP contribution is -2.07. The van der Waals surface area contributed by atoms with E-state index in [-0.39, 0.29) is 5.69 Å². The van der Waals surface area contributed by atoms with E-state index in [1.165, 1.54) is 18.2 Å². The number of nitrogens with zero attached hydrogens (tertiary/aromatic N) is 1. The van der Waals surface area contributed by atoms with E-state index in [1.807, 2.05) is 0 Å². The molecule has 1 aliphatic carbocycles. The SMILES string of the molecule is O=C(O)C=C1CCc2ccc([N+](=O)[O-])cc2C1. The van der Waals surface area contributed by atoms with Gasteiger partial charge in [-0.3, -0.25) is 10.1 Å². The summed E-state index contributed by atoms with van der Waals surface area (Å²) in [7, 11) is 0. The maximum absolute atomic E-state index is 10.6. The Kier molecular flexibility index (Phi) is 2.91. The Morgan fingerprint density at radius 1 is 1.35 bits per heavy atom. The molecule has 0 unspecified atom stereocenters. The van der Waals surface area contributed by atoms with E-state index in [2.05, 4.69) is 0 Å². The number of nitro benzene ring substituents is 1. The van der Waals surface area contributed by atoms with Crippen molar-refractivity contribution >= 4 is 11.7 Å². The smallest absolute Gasteiger partial charge is 0.328 e. The zero-order valence-corrected chi connectivity index (χ0v) is 9.05. The minimum Gasteiger partial charge on any atom is -0.478 e. The van der Waals surface area contributed by atoms with Crippen LogP contribution in [0.15, 0.2) is 29.8 Å². The monoisotopic (exact) mass is 233 g/mol. The molecule has 0 fully saturated rings. The first-order valence-corrected chi connectivity index (χ1v) is 5.25. The van der Waals surface area contributed by atoms with Crippen molar-refractivity contribution in [2.75, 3.05) is 0 Å². The van der Waals surface area contributed by atoms with Crippen LogP contribution in [0.25, 0.3) is 0 Å². The number of aliphatic carboxylic acids is 1. The molecule has 88 valence electrons. The number of rotatable bonds is 2. The summed E-state index contributed by atoms with van der Waals surface area (Å²) in [5.74, 6) is -0.964. The first-order valence-electron chi connectivity index (χ1n) is 5.25. The third-order valence-corrected chi connectivity index (χ3v) is 2.86. The number of benzene rings is 1. The Morgan fingerprint density at radius 3 is 2.76 bits per heavy atom. The normalized spacial score (nSPS) is 16.6. The Bertz CT molecular complexity index is 519. The fraction of sp³-hybridized carbons (Fsp3) is 0.250. The number of allylic oxidation sites excluding steroid dienone is 1. The number of aryl methyl sites for hydroxylation is 1. The van der Waals surface area contributed by atoms with Gasteiger partial charge in [0.05, 0.1) is 4.92 Å². The molecule has 1 aromatic rings. The highest BCUT2D eigenvalue weighted by molar-refractivity contribution is 5.80. The van der Waals surface area contributed by atoms with Crippen LogP contribution >= 0.6 is 0 Å². The van der Waals surface area contributed by atoms with Crippen LogP contribution in [0, 0.1) is 10.1 Å². The van der Waals surface area contributed by atoms with Crippen molar-refractivity contribution in [3.63, 3.8) is 0 Å². The number of carboxylic acids is 1. The van der Waals surface area contributed by atoms with Gasteiger partial charge in [0, 0.05) is 18.2 Å². The fourth-order valence-electron chi connectivity index (χ4n) is 2.06. The van der Waals surface area contributed by atoms with Gasteiger partial charge < -0.3 is 5.11 Å². The molecule has 5 nitrogen and oxygen atoms in total. The second-order valence-corrected chi connectivity index (χ2v) is 4.03. The molecule has 0 spiro atoms. The molecule has 0 radical (unpaired) electrons. The Labute approximate surface area is 97.5 Å². The van der Waals surface area contributed by atoms with E-state index < -0.39 is 10.9 Å². The molecule has 1 N–H and O–H groups in total. The standard InChI is InChI=1S/C12H11NO4/c14-12(15)6-8-1-2-9-3-4-11(13(16)17)7-10(9)5-8/h3-4,6-7H,1-2,5H2,(H,14,15). The molecule has 0 heterocycles. The molecule has 0 atom stereocenters. The second-order valence-electron chi connectivity index (χ2n) is 4.03. The first-order chi connectivity index (χ1) is 8.06. The van der Waals surface area contributed by atoms with Crippen LogP contribution < -0.4 is 0 Å². The number of nitro groups is 1. The minimum atomic E-state index is -0.964. The summed E-state index contributed by atoms with van der Waals surface area (Å²) in [5, 5.41) is 19.3. The van der Waals surface area contributed by atoms with Crippen LogP contribution in [0.3, 0.4) is 0 Å². The van der Waals surface area contributed by atoms with E-state index in [9.17, 15) is 14.9 Å². The summed E-state index contributed by atoms with van der Waals surface area (Å²) in [4.78, 5) is 20.8. The van der Waals surface area contributed by atoms with Gasteiger partial charge in [0.15, 0.2) is 0 Å². The van der Waals surface area contributed by atoms with Crippen LogP contribution in [0.2, 0.25) is 0 Å². The molecular formula is C12H11NO4. The summed E-state index contributed by atoms with van der Waals surface area (Å²) in [6, 6.07) is 4.78. The van der Waals surface area contributed by atoms with Gasteiger partial charge in [-0.1, -0.05) is 11.6 Å². The average molecular weight is 233 g/mol. The number of carboxylic acid groups (broad SMARTS) is 1. The van der Waals surface area contributed by atoms with Gasteiger partial charge in [0.1, 0.15) is 0 Å². The first kappa shape index (κ1) is 11.3. The summed E-state index contributed by atoms with van der Waals surface area (Å²) in [5.41, 5.74) is 2.79. The summed E-state index contributed by atoms with van der Waals surface area (Å²) < 4.78 is 0. The van der Waals surface area contributed by atoms with E-state index in [1.54, 1.807) is 6.07 Å². The molecule has 0 bridgehead atoms. The number of hydrogen-bond donors (Lipinski definition) is 1. The molecule has 0 saturated heterocycles. The van der Waals surface area contributed by atoms with Crippen molar-refractivity contribution < 1.29 is 14.8 Å². The molecule has 1 aliphatic rings. The highest BCUT2D eigenvalue weighted by atomic mass is 16.6. The van der Waals surface area contributed by atoms with Crippen molar-refractivity contribution in [2.45, 2.75) is 19.3 Å². The predicted molar refractivity (Wildman–Crippen MR) is 60.8 cm³/mol. The minimum absolute atomic E-state index is 0.0559. The topological polar surface area (TPSA) is 80.4 Å². The maximum Gasteiger partial charge on any atom is 0.328 e. The highest BCUT2D eigenvalue weighted by Crippen LogP contribution is 2.28. The largest absolute Gasteiger partial charge is 0.478 e. The number of hydrogen-bond acceptors (Lipinski definition) is 3. The maximum atomic E-state index is 10.6. The van der Waals surface area contributed by atoms with Crippen LogP contribution in [0.4, 0.5) is 5.69 Å². The van der Waals surface area contributed by atoms with Gasteiger partial charge in [-0.2, -0.15) is 0 Å². The van der Waals surface area contributed by atoms with E-state index in [0.717, 1.165) is 23.1 Å². The zero-order chi connectivity index (χ0) is 12.4. The van der Waals surface area contributed by atoms with Gasteiger partial charge in [-0.25, -0.2) is 4.79 Å². The average Bonchev–Trinajstić information content (AvgIpc) is 2.27. The van der Waals surface area contributed by atoms with E-state index in [4.69, 9.17) is 5.11 Å². The van der Waals surface area contributed by atoms with E-state index >= 15 is 0 Å². The van der Waals surface area contributed by atoms with Crippen molar-refractivity contribution in [1.82, 2.24) is 0 Å². The lowest BCUT2D eigenvalue weighted by molar-refractivity contribution is -0.384. The molecule has 0 saturated carbocycles. The highest BCUT2D eigenvalue weighted by Gasteiger charge is 2.17. The molecule has 0 aliphatic heterocycles. The molecule has 0 amide bonds. The summed E-state index contributed by atoms with van der Waals surface area (Å²) >= 11 is 0.